The monoisotopic (exact) mass is 321 g/mol. The molecule has 0 saturated carbocycles. The Balaban J connectivity index is 2.03. The van der Waals surface area contributed by atoms with E-state index in [4.69, 9.17) is 0 Å². The molecule has 2 aromatic heterocycles. The van der Waals surface area contributed by atoms with Crippen LogP contribution in [0.5, 0.6) is 0 Å². The minimum absolute atomic E-state index is 0.287. The van der Waals surface area contributed by atoms with E-state index in [1.165, 1.54) is 10.6 Å². The number of nitrogens with zero attached hydrogens (tertiary/aromatic N) is 4. The molecule has 0 radical (unpaired) electrons. The lowest BCUT2D eigenvalue weighted by Crippen LogP contribution is -2.38. The summed E-state index contributed by atoms with van der Waals surface area (Å²) in [5.41, 5.74) is 2.35. The number of piperidine rings is 1. The first-order valence-corrected chi connectivity index (χ1v) is 9.12. The first-order chi connectivity index (χ1) is 10.4. The highest BCUT2D eigenvalue weighted by Crippen LogP contribution is 2.31. The Bertz CT molecular complexity index is 758. The number of H-pyrrole nitrogens is 1. The van der Waals surface area contributed by atoms with Gasteiger partial charge in [-0.15, -0.1) is 0 Å². The van der Waals surface area contributed by atoms with Gasteiger partial charge in [-0.05, 0) is 31.9 Å². The van der Waals surface area contributed by atoms with Gasteiger partial charge in [0, 0.05) is 18.4 Å². The Kier molecular flexibility index (Phi) is 3.96. The maximum Gasteiger partial charge on any atom is 0.211 e. The molecule has 3 rings (SSSR count). The van der Waals surface area contributed by atoms with E-state index in [0.717, 1.165) is 36.3 Å². The van der Waals surface area contributed by atoms with Gasteiger partial charge in [0.05, 0.1) is 23.7 Å². The lowest BCUT2D eigenvalue weighted by Gasteiger charge is -2.32. The number of sulfonamides is 1. The second-order valence-corrected chi connectivity index (χ2v) is 7.54. The molecular formula is C14H19N5O2S. The van der Waals surface area contributed by atoms with Crippen LogP contribution < -0.4 is 0 Å². The van der Waals surface area contributed by atoms with E-state index in [1.807, 2.05) is 19.1 Å². The van der Waals surface area contributed by atoms with Gasteiger partial charge >= 0.3 is 0 Å². The van der Waals surface area contributed by atoms with Crippen LogP contribution >= 0.6 is 0 Å². The molecule has 2 aromatic rings. The van der Waals surface area contributed by atoms with E-state index in [-0.39, 0.29) is 6.04 Å². The first-order valence-electron chi connectivity index (χ1n) is 7.27. The number of aromatic nitrogens is 4. The van der Waals surface area contributed by atoms with Crippen LogP contribution in [0.15, 0.2) is 18.3 Å². The van der Waals surface area contributed by atoms with Crippen molar-refractivity contribution in [1.29, 1.82) is 0 Å². The van der Waals surface area contributed by atoms with Crippen molar-refractivity contribution >= 4 is 10.0 Å². The average molecular weight is 321 g/mol. The molecule has 1 atom stereocenters. The molecule has 1 fully saturated rings. The van der Waals surface area contributed by atoms with Crippen LogP contribution in [-0.4, -0.2) is 45.7 Å². The summed E-state index contributed by atoms with van der Waals surface area (Å²) in [4.78, 5) is 9.05. The molecule has 3 heterocycles. The van der Waals surface area contributed by atoms with Crippen LogP contribution in [0.3, 0.4) is 0 Å². The Morgan fingerprint density at radius 1 is 1.32 bits per heavy atom. The van der Waals surface area contributed by atoms with E-state index >= 15 is 0 Å². The van der Waals surface area contributed by atoms with Crippen molar-refractivity contribution in [3.05, 3.63) is 29.8 Å². The van der Waals surface area contributed by atoms with Crippen LogP contribution in [0.1, 0.15) is 36.8 Å². The zero-order valence-electron chi connectivity index (χ0n) is 12.7. The van der Waals surface area contributed by atoms with Crippen LogP contribution in [0.25, 0.3) is 11.4 Å². The maximum atomic E-state index is 12.0. The number of nitrogens with one attached hydrogen (secondary N) is 1. The fraction of sp³-hybridized carbons (Fsp3) is 0.500. The van der Waals surface area contributed by atoms with E-state index in [9.17, 15) is 8.42 Å². The van der Waals surface area contributed by atoms with E-state index < -0.39 is 10.0 Å². The summed E-state index contributed by atoms with van der Waals surface area (Å²) in [5, 5.41) is 6.81. The van der Waals surface area contributed by atoms with Crippen molar-refractivity contribution in [2.24, 2.45) is 0 Å². The number of aryl methyl sites for hydroxylation is 1. The lowest BCUT2D eigenvalue weighted by atomic mass is 10.0. The van der Waals surface area contributed by atoms with Crippen LogP contribution in [-0.2, 0) is 10.0 Å². The van der Waals surface area contributed by atoms with Crippen molar-refractivity contribution in [3.63, 3.8) is 0 Å². The number of hydrogen-bond donors (Lipinski definition) is 1. The van der Waals surface area contributed by atoms with Gasteiger partial charge in [0.25, 0.3) is 0 Å². The molecule has 118 valence electrons. The predicted octanol–water partition coefficient (Wildman–Crippen LogP) is 1.66. The smallest absolute Gasteiger partial charge is 0.211 e. The predicted molar refractivity (Wildman–Crippen MR) is 82.5 cm³/mol. The second kappa shape index (κ2) is 5.77. The quantitative estimate of drug-likeness (QED) is 0.928. The van der Waals surface area contributed by atoms with Gasteiger partial charge in [-0.3, -0.25) is 5.10 Å². The summed E-state index contributed by atoms with van der Waals surface area (Å²) in [6.07, 6.45) is 5.52. The molecular weight excluding hydrogens is 302 g/mol. The fourth-order valence-electron chi connectivity index (χ4n) is 2.84. The minimum atomic E-state index is -3.27. The van der Waals surface area contributed by atoms with E-state index in [0.29, 0.717) is 12.4 Å². The highest BCUT2D eigenvalue weighted by Gasteiger charge is 2.32. The third kappa shape index (κ3) is 3.02. The summed E-state index contributed by atoms with van der Waals surface area (Å²) < 4.78 is 25.6. The van der Waals surface area contributed by atoms with Crippen molar-refractivity contribution in [3.8, 4) is 11.4 Å². The summed E-state index contributed by atoms with van der Waals surface area (Å²) in [7, 11) is -3.27. The first kappa shape index (κ1) is 15.1. The number of rotatable bonds is 3. The molecule has 0 bridgehead atoms. The third-order valence-electron chi connectivity index (χ3n) is 3.83. The zero-order chi connectivity index (χ0) is 15.7. The number of aromatic amines is 1. The van der Waals surface area contributed by atoms with E-state index in [2.05, 4.69) is 20.2 Å². The zero-order valence-corrected chi connectivity index (χ0v) is 13.5. The second-order valence-electron chi connectivity index (χ2n) is 5.61. The molecule has 1 aliphatic rings. The Morgan fingerprint density at radius 2 is 2.14 bits per heavy atom. The van der Waals surface area contributed by atoms with Gasteiger partial charge in [0.2, 0.25) is 10.0 Å². The van der Waals surface area contributed by atoms with Crippen molar-refractivity contribution in [1.82, 2.24) is 24.5 Å². The van der Waals surface area contributed by atoms with Gasteiger partial charge in [-0.25, -0.2) is 18.4 Å². The average Bonchev–Trinajstić information content (AvgIpc) is 3.00. The van der Waals surface area contributed by atoms with Gasteiger partial charge < -0.3 is 0 Å². The van der Waals surface area contributed by atoms with E-state index in [1.54, 1.807) is 6.20 Å². The normalized spacial score (nSPS) is 20.2. The Labute approximate surface area is 129 Å². The highest BCUT2D eigenvalue weighted by molar-refractivity contribution is 7.88. The fourth-order valence-corrected chi connectivity index (χ4v) is 3.96. The van der Waals surface area contributed by atoms with Crippen molar-refractivity contribution < 1.29 is 8.42 Å². The van der Waals surface area contributed by atoms with Gasteiger partial charge in [0.15, 0.2) is 0 Å². The molecule has 1 aliphatic heterocycles. The van der Waals surface area contributed by atoms with Crippen molar-refractivity contribution in [2.75, 3.05) is 12.8 Å². The molecule has 0 amide bonds. The van der Waals surface area contributed by atoms with Crippen LogP contribution in [0.2, 0.25) is 0 Å². The molecule has 7 nitrogen and oxygen atoms in total. The van der Waals surface area contributed by atoms with Crippen LogP contribution in [0, 0.1) is 6.92 Å². The molecule has 1 saturated heterocycles. The molecule has 22 heavy (non-hydrogen) atoms. The largest absolute Gasteiger partial charge is 0.276 e. The summed E-state index contributed by atoms with van der Waals surface area (Å²) in [6, 6.07) is 3.41. The Morgan fingerprint density at radius 3 is 2.82 bits per heavy atom. The minimum Gasteiger partial charge on any atom is -0.276 e. The maximum absolute atomic E-state index is 12.0. The topological polar surface area (TPSA) is 91.8 Å². The molecule has 0 spiro atoms. The lowest BCUT2D eigenvalue weighted by molar-refractivity contribution is 0.248. The number of hydrogen-bond acceptors (Lipinski definition) is 5. The Hall–Kier alpha value is -1.80. The highest BCUT2D eigenvalue weighted by atomic mass is 32.2. The third-order valence-corrected chi connectivity index (χ3v) is 5.11. The SMILES string of the molecule is Cc1cc(-c2ccn[nH]2)nc([C@H]2CCCCN2S(C)(=O)=O)n1. The molecule has 0 aliphatic carbocycles. The molecule has 0 aromatic carbocycles. The summed E-state index contributed by atoms with van der Waals surface area (Å²) in [5.74, 6) is 0.565. The molecule has 0 unspecified atom stereocenters. The van der Waals surface area contributed by atoms with Gasteiger partial charge in [0.1, 0.15) is 5.82 Å². The van der Waals surface area contributed by atoms with Gasteiger partial charge in [-0.1, -0.05) is 6.42 Å². The summed E-state index contributed by atoms with van der Waals surface area (Å²) >= 11 is 0. The summed E-state index contributed by atoms with van der Waals surface area (Å²) in [6.45, 7) is 2.42. The van der Waals surface area contributed by atoms with Gasteiger partial charge in [-0.2, -0.15) is 9.40 Å². The van der Waals surface area contributed by atoms with Crippen molar-refractivity contribution in [2.45, 2.75) is 32.2 Å². The standard InChI is InChI=1S/C14H19N5O2S/c1-10-9-12(11-6-7-15-18-11)17-14(16-10)13-5-3-4-8-19(13)22(2,20)21/h6-7,9,13H,3-5,8H2,1-2H3,(H,15,18)/t13-/m1/s1. The molecule has 8 heteroatoms. The van der Waals surface area contributed by atoms with Crippen LogP contribution in [0.4, 0.5) is 0 Å². The molecule has 1 N–H and O–H groups in total.